The highest BCUT2D eigenvalue weighted by Gasteiger charge is 2.40. The van der Waals surface area contributed by atoms with Crippen molar-refractivity contribution in [2.75, 3.05) is 0 Å². The van der Waals surface area contributed by atoms with Gasteiger partial charge in [0.15, 0.2) is 0 Å². The molecular formula is C27H28N4O4. The third kappa shape index (κ3) is 5.66. The Labute approximate surface area is 204 Å². The summed E-state index contributed by atoms with van der Waals surface area (Å²) in [6.07, 6.45) is 7.69. The van der Waals surface area contributed by atoms with Gasteiger partial charge in [0.1, 0.15) is 18.4 Å². The average molecular weight is 473 g/mol. The number of carbonyl (C=O) groups excluding carboxylic acids is 3. The fraction of sp³-hybridized carbons (Fsp3) is 0.259. The molecular weight excluding hydrogens is 444 g/mol. The maximum absolute atomic E-state index is 12.9. The zero-order chi connectivity index (χ0) is 24.8. The van der Waals surface area contributed by atoms with Gasteiger partial charge in [0.2, 0.25) is 11.8 Å². The van der Waals surface area contributed by atoms with Gasteiger partial charge in [0.05, 0.1) is 13.1 Å². The summed E-state index contributed by atoms with van der Waals surface area (Å²) < 4.78 is 6.06. The summed E-state index contributed by atoms with van der Waals surface area (Å²) in [5, 5.41) is 2.32. The summed E-state index contributed by atoms with van der Waals surface area (Å²) in [7, 11) is 0. The average Bonchev–Trinajstić information content (AvgIpc) is 3.18. The summed E-state index contributed by atoms with van der Waals surface area (Å²) in [4.78, 5) is 42.6. The number of nitrogens with two attached hydrogens (primary N) is 1. The number of nitrogens with one attached hydrogen (secondary N) is 1. The molecule has 35 heavy (non-hydrogen) atoms. The van der Waals surface area contributed by atoms with Crippen molar-refractivity contribution in [3.05, 3.63) is 88.6 Å². The summed E-state index contributed by atoms with van der Waals surface area (Å²) in [5.41, 5.74) is 9.78. The number of allylic oxidation sites excluding steroid dienone is 3. The molecule has 3 amide bonds. The van der Waals surface area contributed by atoms with Gasteiger partial charge in [0.25, 0.3) is 5.91 Å². The van der Waals surface area contributed by atoms with E-state index in [1.807, 2.05) is 49.4 Å². The molecule has 1 unspecified atom stereocenters. The van der Waals surface area contributed by atoms with E-state index >= 15 is 0 Å². The van der Waals surface area contributed by atoms with E-state index in [9.17, 15) is 14.4 Å². The Morgan fingerprint density at radius 2 is 1.94 bits per heavy atom. The molecule has 0 aromatic heterocycles. The number of amides is 3. The van der Waals surface area contributed by atoms with Crippen molar-refractivity contribution in [1.29, 1.82) is 0 Å². The van der Waals surface area contributed by atoms with E-state index in [1.54, 1.807) is 24.4 Å². The number of ether oxygens (including phenoxy) is 1. The van der Waals surface area contributed by atoms with E-state index < -0.39 is 11.9 Å². The van der Waals surface area contributed by atoms with Crippen LogP contribution >= 0.6 is 0 Å². The minimum Gasteiger partial charge on any atom is -0.489 e. The number of carbonyl (C=O) groups is 3. The van der Waals surface area contributed by atoms with Crippen molar-refractivity contribution in [1.82, 2.24) is 10.2 Å². The van der Waals surface area contributed by atoms with E-state index in [1.165, 1.54) is 4.90 Å². The highest BCUT2D eigenvalue weighted by atomic mass is 16.5. The lowest BCUT2D eigenvalue weighted by molar-refractivity contribution is -0.136. The predicted molar refractivity (Wildman–Crippen MR) is 133 cm³/mol. The lowest BCUT2D eigenvalue weighted by atomic mass is 10.0. The molecule has 2 aliphatic rings. The molecule has 2 aromatic rings. The molecule has 0 spiro atoms. The molecule has 1 saturated heterocycles. The monoisotopic (exact) mass is 472 g/mol. The number of rotatable bonds is 8. The predicted octanol–water partition coefficient (Wildman–Crippen LogP) is 3.02. The molecule has 2 aliphatic heterocycles. The molecule has 8 heteroatoms. The number of fused-ring (bicyclic) bond motifs is 1. The van der Waals surface area contributed by atoms with Crippen molar-refractivity contribution >= 4 is 23.9 Å². The van der Waals surface area contributed by atoms with Crippen LogP contribution in [0.2, 0.25) is 0 Å². The van der Waals surface area contributed by atoms with Gasteiger partial charge in [-0.3, -0.25) is 24.7 Å². The first-order valence-electron chi connectivity index (χ1n) is 11.5. The number of aliphatic imine (C=N–C) groups is 1. The fourth-order valence-corrected chi connectivity index (χ4v) is 4.14. The summed E-state index contributed by atoms with van der Waals surface area (Å²) in [6, 6.07) is 12.7. The van der Waals surface area contributed by atoms with Crippen molar-refractivity contribution in [3.63, 3.8) is 0 Å². The quantitative estimate of drug-likeness (QED) is 0.348. The smallest absolute Gasteiger partial charge is 0.255 e. The molecule has 1 atom stereocenters. The standard InChI is InChI=1S/C27H28N4O4/c1-2-4-20(28)13-14-29-15-18-7-9-19(10-8-18)17-35-24-6-3-5-21-22(24)16-31(27(21)34)23-11-12-25(32)30-26(23)33/h2-10,13-14,23H,11-12,15-17,28H2,1H3,(H,30,32,33)/b4-2-,20-13+,29-14+. The van der Waals surface area contributed by atoms with Crippen LogP contribution in [-0.4, -0.2) is 34.9 Å². The molecule has 0 radical (unpaired) electrons. The summed E-state index contributed by atoms with van der Waals surface area (Å²) in [6.45, 7) is 3.07. The largest absolute Gasteiger partial charge is 0.489 e. The fourth-order valence-electron chi connectivity index (χ4n) is 4.14. The highest BCUT2D eigenvalue weighted by Crippen LogP contribution is 2.33. The molecule has 3 N–H and O–H groups in total. The molecule has 0 aliphatic carbocycles. The van der Waals surface area contributed by atoms with Gasteiger partial charge < -0.3 is 15.4 Å². The Balaban J connectivity index is 1.37. The Morgan fingerprint density at radius 1 is 1.17 bits per heavy atom. The third-order valence-electron chi connectivity index (χ3n) is 5.96. The second kappa shape index (κ2) is 10.8. The Bertz CT molecular complexity index is 1210. The molecule has 1 fully saturated rings. The zero-order valence-electron chi connectivity index (χ0n) is 19.6. The first kappa shape index (κ1) is 23.9. The van der Waals surface area contributed by atoms with Gasteiger partial charge in [0, 0.05) is 29.5 Å². The molecule has 0 bridgehead atoms. The normalized spacial score (nSPS) is 18.4. The van der Waals surface area contributed by atoms with Gasteiger partial charge in [-0.1, -0.05) is 36.4 Å². The molecule has 0 saturated carbocycles. The number of hydrogen-bond acceptors (Lipinski definition) is 6. The summed E-state index contributed by atoms with van der Waals surface area (Å²) >= 11 is 0. The van der Waals surface area contributed by atoms with Gasteiger partial charge >= 0.3 is 0 Å². The Kier molecular flexibility index (Phi) is 7.40. The molecule has 2 aromatic carbocycles. The lowest BCUT2D eigenvalue weighted by Crippen LogP contribution is -2.52. The number of hydrogen-bond donors (Lipinski definition) is 2. The molecule has 180 valence electrons. The second-order valence-corrected chi connectivity index (χ2v) is 8.44. The molecule has 2 heterocycles. The Hall–Kier alpha value is -4.20. The zero-order valence-corrected chi connectivity index (χ0v) is 19.6. The van der Waals surface area contributed by atoms with E-state index in [-0.39, 0.29) is 24.8 Å². The van der Waals surface area contributed by atoms with Crippen LogP contribution in [0.3, 0.4) is 0 Å². The van der Waals surface area contributed by atoms with Crippen molar-refractivity contribution in [2.45, 2.75) is 45.5 Å². The van der Waals surface area contributed by atoms with Crippen LogP contribution in [0.1, 0.15) is 46.8 Å². The van der Waals surface area contributed by atoms with E-state index in [0.29, 0.717) is 36.6 Å². The van der Waals surface area contributed by atoms with E-state index in [2.05, 4.69) is 10.3 Å². The topological polar surface area (TPSA) is 114 Å². The van der Waals surface area contributed by atoms with Crippen LogP contribution in [0.25, 0.3) is 0 Å². The van der Waals surface area contributed by atoms with Crippen molar-refractivity contribution < 1.29 is 19.1 Å². The van der Waals surface area contributed by atoms with Crippen molar-refractivity contribution in [3.8, 4) is 5.75 Å². The van der Waals surface area contributed by atoms with Crippen LogP contribution in [-0.2, 0) is 29.3 Å². The molecule has 8 nitrogen and oxygen atoms in total. The number of benzene rings is 2. The van der Waals surface area contributed by atoms with Gasteiger partial charge in [-0.25, -0.2) is 0 Å². The van der Waals surface area contributed by atoms with Crippen LogP contribution in [0, 0.1) is 0 Å². The van der Waals surface area contributed by atoms with Crippen LogP contribution in [0.5, 0.6) is 5.75 Å². The minimum absolute atomic E-state index is 0.216. The second-order valence-electron chi connectivity index (χ2n) is 8.44. The highest BCUT2D eigenvalue weighted by molar-refractivity contribution is 6.05. The number of piperidine rings is 1. The number of imide groups is 1. The van der Waals surface area contributed by atoms with E-state index in [4.69, 9.17) is 10.5 Å². The maximum atomic E-state index is 12.9. The SMILES string of the molecule is C\C=C/C(N)=C\C=N\Cc1ccc(COc2cccc3c2CN(C2CCC(=O)NC2=O)C3=O)cc1. The molecule has 4 rings (SSSR count). The third-order valence-corrected chi connectivity index (χ3v) is 5.96. The first-order chi connectivity index (χ1) is 17.0. The lowest BCUT2D eigenvalue weighted by Gasteiger charge is -2.29. The van der Waals surface area contributed by atoms with Gasteiger partial charge in [-0.05, 0) is 48.8 Å². The van der Waals surface area contributed by atoms with Crippen LogP contribution in [0.4, 0.5) is 0 Å². The van der Waals surface area contributed by atoms with Crippen LogP contribution in [0.15, 0.2) is 71.4 Å². The minimum atomic E-state index is -0.648. The number of nitrogens with zero attached hydrogens (tertiary/aromatic N) is 2. The van der Waals surface area contributed by atoms with Crippen molar-refractivity contribution in [2.24, 2.45) is 10.7 Å². The first-order valence-corrected chi connectivity index (χ1v) is 11.5. The van der Waals surface area contributed by atoms with Gasteiger partial charge in [-0.15, -0.1) is 0 Å². The van der Waals surface area contributed by atoms with Crippen LogP contribution < -0.4 is 15.8 Å². The van der Waals surface area contributed by atoms with Gasteiger partial charge in [-0.2, -0.15) is 0 Å². The van der Waals surface area contributed by atoms with E-state index in [0.717, 1.165) is 16.7 Å². The summed E-state index contributed by atoms with van der Waals surface area (Å²) in [5.74, 6) is -0.327. The maximum Gasteiger partial charge on any atom is 0.255 e. The Morgan fingerprint density at radius 3 is 2.69 bits per heavy atom.